The highest BCUT2D eigenvalue weighted by atomic mass is 16.5. The number of rotatable bonds is 9. The highest BCUT2D eigenvalue weighted by molar-refractivity contribution is 5.80. The van der Waals surface area contributed by atoms with Crippen molar-refractivity contribution in [3.8, 4) is 11.1 Å². The summed E-state index contributed by atoms with van der Waals surface area (Å²) in [5.41, 5.74) is 4.72. The fourth-order valence-electron chi connectivity index (χ4n) is 5.05. The molecule has 180 valence electrons. The van der Waals surface area contributed by atoms with E-state index >= 15 is 0 Å². The van der Waals surface area contributed by atoms with Gasteiger partial charge in [0.25, 0.3) is 0 Å². The first-order chi connectivity index (χ1) is 16.4. The summed E-state index contributed by atoms with van der Waals surface area (Å²) < 4.78 is 5.62. The standard InChI is InChI=1S/C27H32N2O5/c1-17(10-13-25(30)31)15-28-26(32)18-11-12-19(14-18)29-27(33)34-16-24-22-8-4-2-6-20(22)21-7-3-5-9-23(21)24/h2-9,17-19,24H,10-16H2,1H3,(H,28,32)(H,29,33)(H,30,31). The Kier molecular flexibility index (Phi) is 7.50. The Morgan fingerprint density at radius 3 is 2.32 bits per heavy atom. The average molecular weight is 465 g/mol. The van der Waals surface area contributed by atoms with Crippen molar-refractivity contribution in [1.82, 2.24) is 10.6 Å². The van der Waals surface area contributed by atoms with Gasteiger partial charge in [0, 0.05) is 30.8 Å². The van der Waals surface area contributed by atoms with Gasteiger partial charge in [0.05, 0.1) is 0 Å². The molecule has 2 aromatic rings. The molecule has 0 heterocycles. The van der Waals surface area contributed by atoms with Crippen molar-refractivity contribution in [3.63, 3.8) is 0 Å². The lowest BCUT2D eigenvalue weighted by Crippen LogP contribution is -2.36. The number of carbonyl (C=O) groups is 3. The molecular weight excluding hydrogens is 432 g/mol. The molecule has 7 heteroatoms. The smallest absolute Gasteiger partial charge is 0.407 e. The van der Waals surface area contributed by atoms with Crippen molar-refractivity contribution >= 4 is 18.0 Å². The van der Waals surface area contributed by atoms with Gasteiger partial charge in [-0.1, -0.05) is 55.5 Å². The molecular formula is C27H32N2O5. The van der Waals surface area contributed by atoms with E-state index in [1.807, 2.05) is 31.2 Å². The third-order valence-electron chi connectivity index (χ3n) is 6.94. The number of hydrogen-bond acceptors (Lipinski definition) is 4. The molecule has 0 bridgehead atoms. The van der Waals surface area contributed by atoms with Crippen LogP contribution in [0.25, 0.3) is 11.1 Å². The van der Waals surface area contributed by atoms with Crippen LogP contribution in [0.1, 0.15) is 56.1 Å². The summed E-state index contributed by atoms with van der Waals surface area (Å²) in [6.07, 6.45) is 2.22. The summed E-state index contributed by atoms with van der Waals surface area (Å²) in [4.78, 5) is 35.7. The van der Waals surface area contributed by atoms with Crippen LogP contribution in [0.2, 0.25) is 0 Å². The highest BCUT2D eigenvalue weighted by Crippen LogP contribution is 2.44. The number of hydrogen-bond donors (Lipinski definition) is 3. The lowest BCUT2D eigenvalue weighted by Gasteiger charge is -2.17. The summed E-state index contributed by atoms with van der Waals surface area (Å²) in [5.74, 6) is -0.875. The predicted molar refractivity (Wildman–Crippen MR) is 128 cm³/mol. The molecule has 1 fully saturated rings. The minimum atomic E-state index is -0.823. The maximum Gasteiger partial charge on any atom is 0.407 e. The Balaban J connectivity index is 1.23. The van der Waals surface area contributed by atoms with Crippen molar-refractivity contribution in [1.29, 1.82) is 0 Å². The zero-order chi connectivity index (χ0) is 24.1. The second-order valence-electron chi connectivity index (χ2n) is 9.46. The molecule has 3 unspecified atom stereocenters. The van der Waals surface area contributed by atoms with Gasteiger partial charge in [-0.05, 0) is 53.9 Å². The molecule has 0 saturated heterocycles. The maximum absolute atomic E-state index is 12.5. The molecule has 34 heavy (non-hydrogen) atoms. The van der Waals surface area contributed by atoms with Gasteiger partial charge < -0.3 is 20.5 Å². The van der Waals surface area contributed by atoms with Gasteiger partial charge in [-0.2, -0.15) is 0 Å². The highest BCUT2D eigenvalue weighted by Gasteiger charge is 2.32. The number of ether oxygens (including phenoxy) is 1. The van der Waals surface area contributed by atoms with Crippen molar-refractivity contribution in [2.24, 2.45) is 11.8 Å². The van der Waals surface area contributed by atoms with Crippen molar-refractivity contribution < 1.29 is 24.2 Å². The Morgan fingerprint density at radius 1 is 1.03 bits per heavy atom. The molecule has 2 amide bonds. The van der Waals surface area contributed by atoms with Crippen LogP contribution in [0, 0.1) is 11.8 Å². The second kappa shape index (κ2) is 10.7. The quantitative estimate of drug-likeness (QED) is 0.513. The van der Waals surface area contributed by atoms with E-state index in [0.717, 1.165) is 6.42 Å². The van der Waals surface area contributed by atoms with E-state index in [0.29, 0.717) is 25.8 Å². The lowest BCUT2D eigenvalue weighted by molar-refractivity contribution is -0.137. The summed E-state index contributed by atoms with van der Waals surface area (Å²) in [6.45, 7) is 2.66. The Bertz CT molecular complexity index is 1010. The number of fused-ring (bicyclic) bond motifs is 3. The van der Waals surface area contributed by atoms with Gasteiger partial charge in [0.2, 0.25) is 5.91 Å². The van der Waals surface area contributed by atoms with Crippen molar-refractivity contribution in [2.75, 3.05) is 13.2 Å². The topological polar surface area (TPSA) is 105 Å². The molecule has 4 rings (SSSR count). The van der Waals surface area contributed by atoms with Crippen LogP contribution < -0.4 is 10.6 Å². The Hall–Kier alpha value is -3.35. The van der Waals surface area contributed by atoms with Gasteiger partial charge in [0.15, 0.2) is 0 Å². The molecule has 3 atom stereocenters. The van der Waals surface area contributed by atoms with Crippen molar-refractivity contribution in [3.05, 3.63) is 59.7 Å². The average Bonchev–Trinajstić information content (AvgIpc) is 3.42. The zero-order valence-corrected chi connectivity index (χ0v) is 19.5. The molecule has 0 radical (unpaired) electrons. The summed E-state index contributed by atoms with van der Waals surface area (Å²) in [7, 11) is 0. The number of amides is 2. The van der Waals surface area contributed by atoms with E-state index in [-0.39, 0.29) is 42.7 Å². The van der Waals surface area contributed by atoms with Gasteiger partial charge >= 0.3 is 12.1 Å². The number of carboxylic acid groups (broad SMARTS) is 1. The van der Waals surface area contributed by atoms with Gasteiger partial charge in [-0.15, -0.1) is 0 Å². The van der Waals surface area contributed by atoms with Crippen LogP contribution in [-0.2, 0) is 14.3 Å². The fourth-order valence-corrected chi connectivity index (χ4v) is 5.05. The van der Waals surface area contributed by atoms with Crippen LogP contribution in [0.4, 0.5) is 4.79 Å². The first-order valence-corrected chi connectivity index (χ1v) is 12.0. The van der Waals surface area contributed by atoms with Crippen LogP contribution in [0.5, 0.6) is 0 Å². The maximum atomic E-state index is 12.5. The number of nitrogens with one attached hydrogen (secondary N) is 2. The molecule has 0 aliphatic heterocycles. The second-order valence-corrected chi connectivity index (χ2v) is 9.46. The Labute approximate surface area is 199 Å². The minimum absolute atomic E-state index is 0.0170. The molecule has 7 nitrogen and oxygen atoms in total. The van der Waals surface area contributed by atoms with E-state index < -0.39 is 12.1 Å². The van der Waals surface area contributed by atoms with Crippen LogP contribution in [-0.4, -0.2) is 42.3 Å². The summed E-state index contributed by atoms with van der Waals surface area (Å²) >= 11 is 0. The number of benzene rings is 2. The van der Waals surface area contributed by atoms with Crippen LogP contribution in [0.3, 0.4) is 0 Å². The lowest BCUT2D eigenvalue weighted by atomic mass is 9.98. The summed E-state index contributed by atoms with van der Waals surface area (Å²) in [6, 6.07) is 16.4. The first-order valence-electron chi connectivity index (χ1n) is 12.0. The molecule has 0 aromatic heterocycles. The zero-order valence-electron chi connectivity index (χ0n) is 19.5. The largest absolute Gasteiger partial charge is 0.481 e. The molecule has 1 saturated carbocycles. The van der Waals surface area contributed by atoms with Crippen LogP contribution in [0.15, 0.2) is 48.5 Å². The van der Waals surface area contributed by atoms with E-state index in [2.05, 4.69) is 34.9 Å². The monoisotopic (exact) mass is 464 g/mol. The van der Waals surface area contributed by atoms with E-state index in [1.54, 1.807) is 0 Å². The predicted octanol–water partition coefficient (Wildman–Crippen LogP) is 4.31. The SMILES string of the molecule is CC(CCC(=O)O)CNC(=O)C1CCC(NC(=O)OCC2c3ccccc3-c3ccccc32)C1. The third-order valence-corrected chi connectivity index (χ3v) is 6.94. The number of carboxylic acids is 1. The van der Waals surface area contributed by atoms with E-state index in [1.165, 1.54) is 22.3 Å². The minimum Gasteiger partial charge on any atom is -0.481 e. The fraction of sp³-hybridized carbons (Fsp3) is 0.444. The van der Waals surface area contributed by atoms with E-state index in [4.69, 9.17) is 9.84 Å². The third kappa shape index (κ3) is 5.58. The first kappa shape index (κ1) is 23.8. The molecule has 2 aliphatic rings. The number of alkyl carbamates (subject to hydrolysis) is 1. The number of carbonyl (C=O) groups excluding carboxylic acids is 2. The van der Waals surface area contributed by atoms with E-state index in [9.17, 15) is 14.4 Å². The van der Waals surface area contributed by atoms with Crippen LogP contribution >= 0.6 is 0 Å². The number of aliphatic carboxylic acids is 1. The molecule has 3 N–H and O–H groups in total. The molecule has 2 aliphatic carbocycles. The van der Waals surface area contributed by atoms with Gasteiger partial charge in [-0.3, -0.25) is 9.59 Å². The van der Waals surface area contributed by atoms with Gasteiger partial charge in [0.1, 0.15) is 6.61 Å². The molecule has 2 aromatic carbocycles. The van der Waals surface area contributed by atoms with Crippen molar-refractivity contribution in [2.45, 2.75) is 51.0 Å². The molecule has 0 spiro atoms. The normalized spacial score (nSPS) is 19.7. The Morgan fingerprint density at radius 2 is 1.68 bits per heavy atom. The summed E-state index contributed by atoms with van der Waals surface area (Å²) in [5, 5.41) is 14.6. The van der Waals surface area contributed by atoms with Gasteiger partial charge in [-0.25, -0.2) is 4.79 Å².